The molecule has 3 nitrogen and oxygen atoms in total. The Bertz CT molecular complexity index is 726. The molecule has 0 radical (unpaired) electrons. The molecule has 2 N–H and O–H groups in total. The van der Waals surface area contributed by atoms with E-state index in [4.69, 9.17) is 0 Å². The number of hydrogen-bond donors (Lipinski definition) is 2. The van der Waals surface area contributed by atoms with E-state index >= 15 is 0 Å². The molecule has 2 aromatic carbocycles. The van der Waals surface area contributed by atoms with Crippen molar-refractivity contribution in [2.24, 2.45) is 0 Å². The number of nitrogens with one attached hydrogen (secondary N) is 2. The first-order valence-corrected chi connectivity index (χ1v) is 6.52. The zero-order valence-electron chi connectivity index (χ0n) is 11.7. The number of carbonyl (C=O) groups is 1. The van der Waals surface area contributed by atoms with Crippen LogP contribution < -0.4 is 10.6 Å². The molecule has 120 valence electrons. The molecule has 2 amide bonds. The predicted octanol–water partition coefficient (Wildman–Crippen LogP) is 4.64. The van der Waals surface area contributed by atoms with Crippen molar-refractivity contribution in [3.05, 3.63) is 71.7 Å². The third-order valence-corrected chi connectivity index (χ3v) is 2.83. The highest BCUT2D eigenvalue weighted by Crippen LogP contribution is 2.30. The molecule has 2 rings (SSSR count). The van der Waals surface area contributed by atoms with Crippen molar-refractivity contribution in [1.82, 2.24) is 5.32 Å². The van der Waals surface area contributed by atoms with Gasteiger partial charge >= 0.3 is 12.2 Å². The van der Waals surface area contributed by atoms with Crippen LogP contribution in [0.1, 0.15) is 11.1 Å². The summed E-state index contributed by atoms with van der Waals surface area (Å²) in [5, 5.41) is 4.55. The Kier molecular flexibility index (Phi) is 5.00. The second-order valence-corrected chi connectivity index (χ2v) is 4.53. The number of benzene rings is 2. The lowest BCUT2D eigenvalue weighted by molar-refractivity contribution is -0.137. The number of hydrogen-bond acceptors (Lipinski definition) is 1. The van der Waals surface area contributed by atoms with Gasteiger partial charge in [-0.3, -0.25) is 0 Å². The van der Waals surface area contributed by atoms with Crippen LogP contribution in [-0.4, -0.2) is 6.03 Å². The number of rotatable bonds is 3. The Morgan fingerprint density at radius 3 is 2.48 bits per heavy atom. The fraction of sp³-hybridized carbons (Fsp3) is 0.0625. The molecule has 0 aliphatic carbocycles. The SMILES string of the molecule is O=C(N/C=C/c1ccccc1F)Nc1cccc(C(F)(F)F)c1. The van der Waals surface area contributed by atoms with Crippen LogP contribution in [0, 0.1) is 5.82 Å². The van der Waals surface area contributed by atoms with Gasteiger partial charge in [0.15, 0.2) is 0 Å². The van der Waals surface area contributed by atoms with Crippen LogP contribution in [-0.2, 0) is 6.18 Å². The monoisotopic (exact) mass is 324 g/mol. The quantitative estimate of drug-likeness (QED) is 0.794. The molecule has 0 saturated heterocycles. The minimum Gasteiger partial charge on any atom is -0.314 e. The summed E-state index contributed by atoms with van der Waals surface area (Å²) in [6, 6.07) is 9.44. The number of anilines is 1. The predicted molar refractivity (Wildman–Crippen MR) is 79.0 cm³/mol. The van der Waals surface area contributed by atoms with Crippen molar-refractivity contribution in [2.45, 2.75) is 6.18 Å². The maximum atomic E-state index is 13.3. The number of urea groups is 1. The zero-order valence-corrected chi connectivity index (χ0v) is 11.7. The largest absolute Gasteiger partial charge is 0.416 e. The Balaban J connectivity index is 1.97. The van der Waals surface area contributed by atoms with Gasteiger partial charge in [-0.2, -0.15) is 13.2 Å². The Morgan fingerprint density at radius 1 is 1.04 bits per heavy atom. The summed E-state index contributed by atoms with van der Waals surface area (Å²) in [4.78, 5) is 11.6. The number of alkyl halides is 3. The molecule has 0 aliphatic rings. The lowest BCUT2D eigenvalue weighted by Gasteiger charge is -2.09. The lowest BCUT2D eigenvalue weighted by Crippen LogP contribution is -2.24. The van der Waals surface area contributed by atoms with E-state index < -0.39 is 23.6 Å². The number of carbonyl (C=O) groups excluding carboxylic acids is 1. The van der Waals surface area contributed by atoms with E-state index in [9.17, 15) is 22.4 Å². The third kappa shape index (κ3) is 4.84. The van der Waals surface area contributed by atoms with Crippen LogP contribution in [0.15, 0.2) is 54.7 Å². The van der Waals surface area contributed by atoms with Crippen molar-refractivity contribution in [1.29, 1.82) is 0 Å². The van der Waals surface area contributed by atoms with Gasteiger partial charge in [-0.05, 0) is 30.3 Å². The van der Waals surface area contributed by atoms with Crippen LogP contribution in [0.3, 0.4) is 0 Å². The average molecular weight is 324 g/mol. The molecule has 0 unspecified atom stereocenters. The van der Waals surface area contributed by atoms with Gasteiger partial charge < -0.3 is 10.6 Å². The summed E-state index contributed by atoms with van der Waals surface area (Å²) in [6.45, 7) is 0. The van der Waals surface area contributed by atoms with Gasteiger partial charge in [0.1, 0.15) is 5.82 Å². The molecule has 0 spiro atoms. The summed E-state index contributed by atoms with van der Waals surface area (Å²) in [5.41, 5.74) is -0.597. The van der Waals surface area contributed by atoms with Gasteiger partial charge in [0.25, 0.3) is 0 Å². The van der Waals surface area contributed by atoms with Crippen molar-refractivity contribution in [2.75, 3.05) is 5.32 Å². The summed E-state index contributed by atoms with van der Waals surface area (Å²) in [5.74, 6) is -0.455. The fourth-order valence-corrected chi connectivity index (χ4v) is 1.76. The van der Waals surface area contributed by atoms with E-state index in [1.54, 1.807) is 6.07 Å². The minimum absolute atomic E-state index is 0.00313. The van der Waals surface area contributed by atoms with E-state index in [1.807, 2.05) is 0 Å². The maximum absolute atomic E-state index is 13.3. The second-order valence-electron chi connectivity index (χ2n) is 4.53. The maximum Gasteiger partial charge on any atom is 0.416 e. The molecular formula is C16H12F4N2O. The summed E-state index contributed by atoms with van der Waals surface area (Å²) >= 11 is 0. The van der Waals surface area contributed by atoms with Gasteiger partial charge in [-0.15, -0.1) is 0 Å². The summed E-state index contributed by atoms with van der Waals surface area (Å²) in [6.07, 6.45) is -1.96. The molecule has 7 heteroatoms. The zero-order chi connectivity index (χ0) is 16.9. The molecule has 0 aliphatic heterocycles. The molecule has 0 heterocycles. The highest BCUT2D eigenvalue weighted by Gasteiger charge is 2.30. The number of halogens is 4. The van der Waals surface area contributed by atoms with Crippen LogP contribution in [0.2, 0.25) is 0 Å². The van der Waals surface area contributed by atoms with Crippen LogP contribution in [0.5, 0.6) is 0 Å². The van der Waals surface area contributed by atoms with Crippen molar-refractivity contribution in [3.8, 4) is 0 Å². The molecule has 0 bridgehead atoms. The molecule has 0 atom stereocenters. The van der Waals surface area contributed by atoms with E-state index in [-0.39, 0.29) is 11.3 Å². The molecule has 0 fully saturated rings. The molecule has 0 saturated carbocycles. The topological polar surface area (TPSA) is 41.1 Å². The Morgan fingerprint density at radius 2 is 1.78 bits per heavy atom. The van der Waals surface area contributed by atoms with Gasteiger partial charge in [-0.25, -0.2) is 9.18 Å². The molecule has 0 aromatic heterocycles. The highest BCUT2D eigenvalue weighted by atomic mass is 19.4. The van der Waals surface area contributed by atoms with E-state index in [2.05, 4.69) is 10.6 Å². The average Bonchev–Trinajstić information content (AvgIpc) is 2.48. The van der Waals surface area contributed by atoms with E-state index in [1.165, 1.54) is 42.6 Å². The van der Waals surface area contributed by atoms with Crippen LogP contribution >= 0.6 is 0 Å². The lowest BCUT2D eigenvalue weighted by atomic mass is 10.2. The van der Waals surface area contributed by atoms with Crippen LogP contribution in [0.25, 0.3) is 6.08 Å². The van der Waals surface area contributed by atoms with E-state index in [0.717, 1.165) is 12.1 Å². The number of amides is 2. The van der Waals surface area contributed by atoms with Crippen molar-refractivity contribution < 1.29 is 22.4 Å². The second kappa shape index (κ2) is 6.95. The Labute approximate surface area is 129 Å². The van der Waals surface area contributed by atoms with Crippen LogP contribution in [0.4, 0.5) is 28.0 Å². The van der Waals surface area contributed by atoms with Crippen molar-refractivity contribution in [3.63, 3.8) is 0 Å². The van der Waals surface area contributed by atoms with E-state index in [0.29, 0.717) is 0 Å². The third-order valence-electron chi connectivity index (χ3n) is 2.83. The minimum atomic E-state index is -4.49. The van der Waals surface area contributed by atoms with Gasteiger partial charge in [0.05, 0.1) is 5.56 Å². The summed E-state index contributed by atoms with van der Waals surface area (Å²) < 4.78 is 51.0. The van der Waals surface area contributed by atoms with Gasteiger partial charge in [0.2, 0.25) is 0 Å². The fourth-order valence-electron chi connectivity index (χ4n) is 1.76. The summed E-state index contributed by atoms with van der Waals surface area (Å²) in [7, 11) is 0. The molecular weight excluding hydrogens is 312 g/mol. The van der Waals surface area contributed by atoms with Gasteiger partial charge in [-0.1, -0.05) is 24.3 Å². The molecule has 2 aromatic rings. The smallest absolute Gasteiger partial charge is 0.314 e. The molecule has 23 heavy (non-hydrogen) atoms. The highest BCUT2D eigenvalue weighted by molar-refractivity contribution is 5.90. The normalized spacial score (nSPS) is 11.5. The first-order chi connectivity index (χ1) is 10.9. The van der Waals surface area contributed by atoms with Gasteiger partial charge in [0, 0.05) is 17.5 Å². The van der Waals surface area contributed by atoms with Crippen molar-refractivity contribution >= 4 is 17.8 Å². The first-order valence-electron chi connectivity index (χ1n) is 6.52. The Hall–Kier alpha value is -2.83. The first kappa shape index (κ1) is 16.5. The standard InChI is InChI=1S/C16H12F4N2O/c17-14-7-2-1-4-11(14)8-9-21-15(23)22-13-6-3-5-12(10-13)16(18,19)20/h1-10H,(H2,21,22,23)/b9-8+.